The van der Waals surface area contributed by atoms with Crippen LogP contribution < -0.4 is 4.90 Å². The first kappa shape index (κ1) is 15.2. The van der Waals surface area contributed by atoms with E-state index in [4.69, 9.17) is 0 Å². The SMILES string of the molecule is Cc1[nH]c2c(CN3CCN(c4ccncc4)CC3)cccc2c1C. The fourth-order valence-corrected chi connectivity index (χ4v) is 3.64. The molecule has 0 unspecified atom stereocenters. The molecular weight excluding hydrogens is 296 g/mol. The van der Waals surface area contributed by atoms with Gasteiger partial charge >= 0.3 is 0 Å². The number of aryl methyl sites for hydroxylation is 2. The Labute approximate surface area is 143 Å². The Kier molecular flexibility index (Phi) is 3.98. The lowest BCUT2D eigenvalue weighted by molar-refractivity contribution is 0.250. The monoisotopic (exact) mass is 320 g/mol. The summed E-state index contributed by atoms with van der Waals surface area (Å²) in [6, 6.07) is 10.9. The smallest absolute Gasteiger partial charge is 0.0504 e. The number of aromatic amines is 1. The van der Waals surface area contributed by atoms with Crippen LogP contribution in [0.2, 0.25) is 0 Å². The quantitative estimate of drug-likeness (QED) is 0.802. The molecule has 0 aliphatic carbocycles. The number of pyridine rings is 1. The van der Waals surface area contributed by atoms with Gasteiger partial charge < -0.3 is 9.88 Å². The third-order valence-electron chi connectivity index (χ3n) is 5.22. The molecule has 2 aromatic heterocycles. The van der Waals surface area contributed by atoms with E-state index in [0.717, 1.165) is 32.7 Å². The van der Waals surface area contributed by atoms with Crippen LogP contribution in [0.4, 0.5) is 5.69 Å². The number of para-hydroxylation sites is 1. The molecule has 1 aliphatic rings. The molecule has 0 atom stereocenters. The number of H-pyrrole nitrogens is 1. The highest BCUT2D eigenvalue weighted by Crippen LogP contribution is 2.25. The highest BCUT2D eigenvalue weighted by molar-refractivity contribution is 5.87. The van der Waals surface area contributed by atoms with Crippen molar-refractivity contribution in [3.8, 4) is 0 Å². The Hall–Kier alpha value is -2.33. The van der Waals surface area contributed by atoms with Crippen LogP contribution in [-0.2, 0) is 6.54 Å². The predicted octanol–water partition coefficient (Wildman–Crippen LogP) is 3.50. The molecule has 0 saturated carbocycles. The van der Waals surface area contributed by atoms with Gasteiger partial charge in [0.05, 0.1) is 5.52 Å². The van der Waals surface area contributed by atoms with Crippen molar-refractivity contribution < 1.29 is 0 Å². The normalized spacial score (nSPS) is 16.0. The molecule has 124 valence electrons. The first-order valence-electron chi connectivity index (χ1n) is 8.66. The van der Waals surface area contributed by atoms with Gasteiger partial charge in [-0.3, -0.25) is 9.88 Å². The van der Waals surface area contributed by atoms with Crippen molar-refractivity contribution in [1.29, 1.82) is 0 Å². The minimum absolute atomic E-state index is 1.01. The molecule has 4 nitrogen and oxygen atoms in total. The van der Waals surface area contributed by atoms with Crippen LogP contribution in [0, 0.1) is 13.8 Å². The lowest BCUT2D eigenvalue weighted by Gasteiger charge is -2.36. The van der Waals surface area contributed by atoms with E-state index in [1.54, 1.807) is 0 Å². The van der Waals surface area contributed by atoms with Gasteiger partial charge in [0.2, 0.25) is 0 Å². The second-order valence-electron chi connectivity index (χ2n) is 6.68. The molecule has 4 rings (SSSR count). The number of benzene rings is 1. The van der Waals surface area contributed by atoms with Crippen LogP contribution in [-0.4, -0.2) is 41.0 Å². The number of rotatable bonds is 3. The maximum absolute atomic E-state index is 4.11. The van der Waals surface area contributed by atoms with E-state index in [2.05, 4.69) is 63.9 Å². The van der Waals surface area contributed by atoms with Gasteiger partial charge in [-0.1, -0.05) is 18.2 Å². The first-order chi connectivity index (χ1) is 11.7. The van der Waals surface area contributed by atoms with E-state index < -0.39 is 0 Å². The average Bonchev–Trinajstić information content (AvgIpc) is 2.92. The van der Waals surface area contributed by atoms with Crippen molar-refractivity contribution in [2.24, 2.45) is 0 Å². The molecule has 1 fully saturated rings. The van der Waals surface area contributed by atoms with E-state index in [0.29, 0.717) is 0 Å². The summed E-state index contributed by atoms with van der Waals surface area (Å²) >= 11 is 0. The van der Waals surface area contributed by atoms with Gasteiger partial charge in [-0.05, 0) is 37.1 Å². The Morgan fingerprint density at radius 2 is 1.75 bits per heavy atom. The summed E-state index contributed by atoms with van der Waals surface area (Å²) in [7, 11) is 0. The van der Waals surface area contributed by atoms with Gasteiger partial charge in [-0.2, -0.15) is 0 Å². The summed E-state index contributed by atoms with van der Waals surface area (Å²) in [5, 5.41) is 1.36. The van der Waals surface area contributed by atoms with Crippen LogP contribution >= 0.6 is 0 Å². The van der Waals surface area contributed by atoms with Crippen molar-refractivity contribution in [2.45, 2.75) is 20.4 Å². The standard InChI is InChI=1S/C20H24N4/c1-15-16(2)22-20-17(4-3-5-19(15)20)14-23-10-12-24(13-11-23)18-6-8-21-9-7-18/h3-9,22H,10-14H2,1-2H3. The third-order valence-corrected chi connectivity index (χ3v) is 5.22. The fraction of sp³-hybridized carbons (Fsp3) is 0.350. The van der Waals surface area contributed by atoms with Crippen molar-refractivity contribution in [3.63, 3.8) is 0 Å². The molecule has 24 heavy (non-hydrogen) atoms. The molecule has 0 radical (unpaired) electrons. The molecule has 0 spiro atoms. The molecule has 1 aliphatic heterocycles. The number of nitrogens with zero attached hydrogens (tertiary/aromatic N) is 3. The number of piperazine rings is 1. The second kappa shape index (κ2) is 6.29. The molecular formula is C20H24N4. The number of hydrogen-bond acceptors (Lipinski definition) is 3. The van der Waals surface area contributed by atoms with Crippen LogP contribution in [0.25, 0.3) is 10.9 Å². The Morgan fingerprint density at radius 1 is 1.00 bits per heavy atom. The Balaban J connectivity index is 1.47. The number of aromatic nitrogens is 2. The second-order valence-corrected chi connectivity index (χ2v) is 6.68. The van der Waals surface area contributed by atoms with E-state index >= 15 is 0 Å². The summed E-state index contributed by atoms with van der Waals surface area (Å²) in [5.41, 5.74) is 6.64. The molecule has 4 heteroatoms. The van der Waals surface area contributed by atoms with E-state index in [-0.39, 0.29) is 0 Å². The molecule has 0 bridgehead atoms. The lowest BCUT2D eigenvalue weighted by atomic mass is 10.1. The molecule has 0 amide bonds. The Bertz CT molecular complexity index is 829. The highest BCUT2D eigenvalue weighted by Gasteiger charge is 2.18. The van der Waals surface area contributed by atoms with Crippen LogP contribution in [0.1, 0.15) is 16.8 Å². The molecule has 1 aromatic carbocycles. The zero-order valence-corrected chi connectivity index (χ0v) is 14.4. The summed E-state index contributed by atoms with van der Waals surface area (Å²) < 4.78 is 0. The minimum atomic E-state index is 1.01. The highest BCUT2D eigenvalue weighted by atomic mass is 15.3. The number of anilines is 1. The predicted molar refractivity (Wildman–Crippen MR) is 99.5 cm³/mol. The van der Waals surface area contributed by atoms with Gasteiger partial charge in [0.15, 0.2) is 0 Å². The van der Waals surface area contributed by atoms with E-state index in [1.807, 2.05) is 12.4 Å². The van der Waals surface area contributed by atoms with Gasteiger partial charge in [0, 0.05) is 61.9 Å². The summed E-state index contributed by atoms with van der Waals surface area (Å²) in [6.45, 7) is 9.71. The zero-order chi connectivity index (χ0) is 16.5. The van der Waals surface area contributed by atoms with Crippen LogP contribution in [0.3, 0.4) is 0 Å². The summed E-state index contributed by atoms with van der Waals surface area (Å²) in [5.74, 6) is 0. The molecule has 1 saturated heterocycles. The maximum atomic E-state index is 4.11. The van der Waals surface area contributed by atoms with E-state index in [9.17, 15) is 0 Å². The summed E-state index contributed by atoms with van der Waals surface area (Å²) in [4.78, 5) is 12.7. The number of hydrogen-bond donors (Lipinski definition) is 1. The van der Waals surface area contributed by atoms with Gasteiger partial charge in [0.1, 0.15) is 0 Å². The van der Waals surface area contributed by atoms with Crippen molar-refractivity contribution in [3.05, 3.63) is 59.5 Å². The minimum Gasteiger partial charge on any atom is -0.369 e. The van der Waals surface area contributed by atoms with Gasteiger partial charge in [0.25, 0.3) is 0 Å². The average molecular weight is 320 g/mol. The van der Waals surface area contributed by atoms with Crippen LogP contribution in [0.5, 0.6) is 0 Å². The molecule has 1 N–H and O–H groups in total. The summed E-state index contributed by atoms with van der Waals surface area (Å²) in [6.07, 6.45) is 3.75. The number of fused-ring (bicyclic) bond motifs is 1. The number of nitrogens with one attached hydrogen (secondary N) is 1. The van der Waals surface area contributed by atoms with Crippen molar-refractivity contribution in [1.82, 2.24) is 14.9 Å². The van der Waals surface area contributed by atoms with E-state index in [1.165, 1.54) is 33.4 Å². The lowest BCUT2D eigenvalue weighted by Crippen LogP contribution is -2.46. The van der Waals surface area contributed by atoms with Crippen molar-refractivity contribution in [2.75, 3.05) is 31.1 Å². The fourth-order valence-electron chi connectivity index (χ4n) is 3.64. The first-order valence-corrected chi connectivity index (χ1v) is 8.66. The Morgan fingerprint density at radius 3 is 2.50 bits per heavy atom. The zero-order valence-electron chi connectivity index (χ0n) is 14.4. The molecule has 3 heterocycles. The van der Waals surface area contributed by atoms with Crippen molar-refractivity contribution >= 4 is 16.6 Å². The maximum Gasteiger partial charge on any atom is 0.0504 e. The topological polar surface area (TPSA) is 35.2 Å². The van der Waals surface area contributed by atoms with Gasteiger partial charge in [-0.15, -0.1) is 0 Å². The molecule has 3 aromatic rings. The van der Waals surface area contributed by atoms with Crippen LogP contribution in [0.15, 0.2) is 42.7 Å². The third kappa shape index (κ3) is 2.78. The van der Waals surface area contributed by atoms with Gasteiger partial charge in [-0.25, -0.2) is 0 Å². The largest absolute Gasteiger partial charge is 0.369 e.